The third-order valence-electron chi connectivity index (χ3n) is 4.11. The van der Waals surface area contributed by atoms with Gasteiger partial charge in [0.2, 0.25) is 10.0 Å². The Kier molecular flexibility index (Phi) is 7.47. The molecule has 2 N–H and O–H groups in total. The number of anilines is 2. The molecule has 0 aliphatic heterocycles. The first-order valence-corrected chi connectivity index (χ1v) is 10.8. The van der Waals surface area contributed by atoms with Crippen molar-refractivity contribution in [1.82, 2.24) is 5.32 Å². The molecule has 0 bridgehead atoms. The molecule has 28 heavy (non-hydrogen) atoms. The van der Waals surface area contributed by atoms with E-state index in [4.69, 9.17) is 21.7 Å². The molecule has 2 aromatic carbocycles. The monoisotopic (exact) mass is 423 g/mol. The highest BCUT2D eigenvalue weighted by molar-refractivity contribution is 7.92. The van der Waals surface area contributed by atoms with Crippen LogP contribution in [-0.4, -0.2) is 47.6 Å². The van der Waals surface area contributed by atoms with Gasteiger partial charge in [-0.1, -0.05) is 12.1 Å². The lowest BCUT2D eigenvalue weighted by Crippen LogP contribution is -2.30. The smallest absolute Gasteiger partial charge is 0.231 e. The first-order valence-electron chi connectivity index (χ1n) is 8.54. The summed E-state index contributed by atoms with van der Waals surface area (Å²) in [5, 5.41) is 6.67. The summed E-state index contributed by atoms with van der Waals surface area (Å²) >= 11 is 5.32. The normalized spacial score (nSPS) is 10.9. The fourth-order valence-corrected chi connectivity index (χ4v) is 3.22. The highest BCUT2D eigenvalue weighted by atomic mass is 32.2. The molecule has 0 amide bonds. The van der Waals surface area contributed by atoms with Gasteiger partial charge in [-0.2, -0.15) is 0 Å². The number of hydrogen-bond donors (Lipinski definition) is 2. The lowest BCUT2D eigenvalue weighted by molar-refractivity contribution is 0.354. The maximum absolute atomic E-state index is 11.7. The van der Waals surface area contributed by atoms with Crippen LogP contribution in [0.3, 0.4) is 0 Å². The van der Waals surface area contributed by atoms with Gasteiger partial charge in [0.15, 0.2) is 16.6 Å². The molecular weight excluding hydrogens is 398 g/mol. The number of hydrogen-bond acceptors (Lipinski definition) is 5. The third-order valence-corrected chi connectivity index (χ3v) is 5.56. The highest BCUT2D eigenvalue weighted by Crippen LogP contribution is 2.27. The lowest BCUT2D eigenvalue weighted by Gasteiger charge is -2.18. The van der Waals surface area contributed by atoms with E-state index in [0.717, 1.165) is 18.2 Å². The van der Waals surface area contributed by atoms with E-state index in [2.05, 4.69) is 10.6 Å². The van der Waals surface area contributed by atoms with E-state index in [1.165, 1.54) is 11.4 Å². The molecular formula is C19H25N3O4S2. The summed E-state index contributed by atoms with van der Waals surface area (Å²) in [5.41, 5.74) is 2.35. The minimum absolute atomic E-state index is 0.458. The predicted molar refractivity (Wildman–Crippen MR) is 117 cm³/mol. The average molecular weight is 424 g/mol. The molecule has 0 aliphatic rings. The number of nitrogens with zero attached hydrogens (tertiary/aromatic N) is 1. The summed E-state index contributed by atoms with van der Waals surface area (Å²) in [6, 6.07) is 12.8. The predicted octanol–water partition coefficient (Wildman–Crippen LogP) is 2.63. The van der Waals surface area contributed by atoms with Crippen molar-refractivity contribution in [3.63, 3.8) is 0 Å². The van der Waals surface area contributed by atoms with Crippen LogP contribution in [0.15, 0.2) is 42.5 Å². The number of sulfonamides is 1. The van der Waals surface area contributed by atoms with Crippen LogP contribution >= 0.6 is 12.2 Å². The number of methoxy groups -OCH3 is 2. The van der Waals surface area contributed by atoms with E-state index in [9.17, 15) is 8.42 Å². The fourth-order valence-electron chi connectivity index (χ4n) is 2.50. The van der Waals surface area contributed by atoms with E-state index < -0.39 is 10.0 Å². The molecule has 7 nitrogen and oxygen atoms in total. The van der Waals surface area contributed by atoms with Crippen LogP contribution in [-0.2, 0) is 16.4 Å². The number of nitrogens with one attached hydrogen (secondary N) is 2. The molecule has 2 rings (SSSR count). The van der Waals surface area contributed by atoms with Gasteiger partial charge in [0.05, 0.1) is 26.2 Å². The van der Waals surface area contributed by atoms with Crippen LogP contribution in [0.25, 0.3) is 0 Å². The van der Waals surface area contributed by atoms with Gasteiger partial charge in [-0.25, -0.2) is 8.42 Å². The van der Waals surface area contributed by atoms with E-state index >= 15 is 0 Å². The maximum Gasteiger partial charge on any atom is 0.231 e. The van der Waals surface area contributed by atoms with Crippen molar-refractivity contribution in [2.45, 2.75) is 6.42 Å². The number of ether oxygens (including phenoxy) is 2. The highest BCUT2D eigenvalue weighted by Gasteiger charge is 2.12. The van der Waals surface area contributed by atoms with Crippen LogP contribution in [0.2, 0.25) is 0 Å². The van der Waals surface area contributed by atoms with Crippen LogP contribution in [0.5, 0.6) is 11.5 Å². The molecule has 0 saturated carbocycles. The molecule has 0 fully saturated rings. The third kappa shape index (κ3) is 6.00. The average Bonchev–Trinajstić information content (AvgIpc) is 2.66. The molecule has 152 valence electrons. The van der Waals surface area contributed by atoms with Crippen LogP contribution in [0.4, 0.5) is 11.4 Å². The quantitative estimate of drug-likeness (QED) is 0.632. The molecule has 2 aromatic rings. The van der Waals surface area contributed by atoms with Gasteiger partial charge in [0.25, 0.3) is 0 Å². The summed E-state index contributed by atoms with van der Waals surface area (Å²) in [4.78, 5) is 0. The van der Waals surface area contributed by atoms with Crippen molar-refractivity contribution >= 4 is 38.7 Å². The summed E-state index contributed by atoms with van der Waals surface area (Å²) in [6.07, 6.45) is 1.91. The maximum atomic E-state index is 11.7. The number of benzene rings is 2. The van der Waals surface area contributed by atoms with E-state index in [1.807, 2.05) is 24.3 Å². The molecule has 0 radical (unpaired) electrons. The van der Waals surface area contributed by atoms with Crippen molar-refractivity contribution in [3.05, 3.63) is 48.0 Å². The number of thiocarbonyl (C=S) groups is 1. The Morgan fingerprint density at radius 2 is 1.82 bits per heavy atom. The van der Waals surface area contributed by atoms with Gasteiger partial charge in [0, 0.05) is 19.3 Å². The lowest BCUT2D eigenvalue weighted by atomic mass is 10.1. The molecule has 0 spiro atoms. The van der Waals surface area contributed by atoms with Crippen LogP contribution in [0.1, 0.15) is 5.56 Å². The second-order valence-corrected chi connectivity index (χ2v) is 8.52. The Balaban J connectivity index is 1.91. The minimum atomic E-state index is -3.32. The second kappa shape index (κ2) is 9.61. The zero-order valence-electron chi connectivity index (χ0n) is 16.4. The Bertz CT molecular complexity index is 933. The van der Waals surface area contributed by atoms with Gasteiger partial charge in [-0.3, -0.25) is 4.31 Å². The second-order valence-electron chi connectivity index (χ2n) is 6.10. The van der Waals surface area contributed by atoms with Crippen LogP contribution in [0, 0.1) is 0 Å². The van der Waals surface area contributed by atoms with Crippen molar-refractivity contribution < 1.29 is 17.9 Å². The topological polar surface area (TPSA) is 79.9 Å². The standard InChI is InChI=1S/C19H25N3O4S2/c1-22(28(4,23)24)16-7-5-6-15(13-16)21-19(27)20-11-10-14-8-9-17(25-2)18(12-14)26-3/h5-9,12-13H,10-11H2,1-4H3,(H2,20,21,27). The molecule has 0 atom stereocenters. The largest absolute Gasteiger partial charge is 0.493 e. The molecule has 0 aliphatic carbocycles. The van der Waals surface area contributed by atoms with Crippen LogP contribution < -0.4 is 24.4 Å². The van der Waals surface area contributed by atoms with Crippen molar-refractivity contribution in [2.75, 3.05) is 43.7 Å². The molecule has 9 heteroatoms. The summed E-state index contributed by atoms with van der Waals surface area (Å²) in [6.45, 7) is 0.629. The zero-order chi connectivity index (χ0) is 20.7. The first kappa shape index (κ1) is 21.8. The first-order chi connectivity index (χ1) is 13.2. The van der Waals surface area contributed by atoms with E-state index in [1.54, 1.807) is 32.4 Å². The SMILES string of the molecule is COc1ccc(CCNC(=S)Nc2cccc(N(C)S(C)(=O)=O)c2)cc1OC. The Morgan fingerprint density at radius 3 is 2.46 bits per heavy atom. The van der Waals surface area contributed by atoms with Crippen molar-refractivity contribution in [2.24, 2.45) is 0 Å². The molecule has 0 aromatic heterocycles. The summed E-state index contributed by atoms with van der Waals surface area (Å²) in [7, 11) is 1.40. The van der Waals surface area contributed by atoms with Crippen molar-refractivity contribution in [3.8, 4) is 11.5 Å². The zero-order valence-corrected chi connectivity index (χ0v) is 18.0. The molecule has 0 saturated heterocycles. The van der Waals surface area contributed by atoms with E-state index in [-0.39, 0.29) is 0 Å². The molecule has 0 unspecified atom stereocenters. The number of rotatable bonds is 8. The molecule has 0 heterocycles. The van der Waals surface area contributed by atoms with Gasteiger partial charge in [0.1, 0.15) is 0 Å². The fraction of sp³-hybridized carbons (Fsp3) is 0.316. The van der Waals surface area contributed by atoms with Gasteiger partial charge in [-0.05, 0) is 54.5 Å². The minimum Gasteiger partial charge on any atom is -0.493 e. The van der Waals surface area contributed by atoms with Gasteiger partial charge in [-0.15, -0.1) is 0 Å². The summed E-state index contributed by atoms with van der Waals surface area (Å²) in [5.74, 6) is 1.38. The van der Waals surface area contributed by atoms with Gasteiger partial charge < -0.3 is 20.1 Å². The van der Waals surface area contributed by atoms with E-state index in [0.29, 0.717) is 34.5 Å². The Morgan fingerprint density at radius 1 is 1.11 bits per heavy atom. The van der Waals surface area contributed by atoms with Gasteiger partial charge >= 0.3 is 0 Å². The Labute approximate surface area is 171 Å². The summed E-state index contributed by atoms with van der Waals surface area (Å²) < 4.78 is 35.1. The van der Waals surface area contributed by atoms with Crippen molar-refractivity contribution in [1.29, 1.82) is 0 Å². The Hall–Kier alpha value is -2.52.